The fourth-order valence-electron chi connectivity index (χ4n) is 3.16. The van der Waals surface area contributed by atoms with Gasteiger partial charge in [0.25, 0.3) is 0 Å². The topological polar surface area (TPSA) is 81.7 Å². The maximum atomic E-state index is 12.3. The van der Waals surface area contributed by atoms with Gasteiger partial charge in [0, 0.05) is 12.5 Å². The van der Waals surface area contributed by atoms with Crippen molar-refractivity contribution in [2.45, 2.75) is 26.3 Å². The van der Waals surface area contributed by atoms with Crippen molar-refractivity contribution in [2.24, 2.45) is 5.92 Å². The molecule has 1 aliphatic rings. The third-order valence-electron chi connectivity index (χ3n) is 4.71. The van der Waals surface area contributed by atoms with Gasteiger partial charge in [0.05, 0.1) is 12.0 Å². The minimum Gasteiger partial charge on any atom is -0.492 e. The zero-order chi connectivity index (χ0) is 20.1. The van der Waals surface area contributed by atoms with E-state index in [-0.39, 0.29) is 30.9 Å². The highest BCUT2D eigenvalue weighted by Crippen LogP contribution is 2.27. The second kappa shape index (κ2) is 8.69. The average Bonchev–Trinajstić information content (AvgIpc) is 2.71. The Morgan fingerprint density at radius 3 is 2.57 bits per heavy atom. The van der Waals surface area contributed by atoms with Gasteiger partial charge in [-0.25, -0.2) is 0 Å². The molecule has 2 atom stereocenters. The Balaban J connectivity index is 1.52. The highest BCUT2D eigenvalue weighted by Gasteiger charge is 2.27. The first-order valence-electron chi connectivity index (χ1n) is 9.21. The van der Waals surface area contributed by atoms with Crippen molar-refractivity contribution >= 4 is 17.7 Å². The molecule has 0 spiro atoms. The second-order valence-electron chi connectivity index (χ2n) is 6.89. The van der Waals surface area contributed by atoms with E-state index in [2.05, 4.69) is 5.32 Å². The minimum atomic E-state index is -0.432. The van der Waals surface area contributed by atoms with E-state index >= 15 is 0 Å². The molecular formula is C22H23NO5. The smallest absolute Gasteiger partial charge is 0.313 e. The van der Waals surface area contributed by atoms with E-state index in [0.717, 1.165) is 16.9 Å². The van der Waals surface area contributed by atoms with Crippen molar-refractivity contribution < 1.29 is 23.9 Å². The number of benzene rings is 2. The molecule has 1 aliphatic heterocycles. The molecule has 2 aromatic carbocycles. The van der Waals surface area contributed by atoms with Crippen LogP contribution in [-0.4, -0.2) is 30.9 Å². The van der Waals surface area contributed by atoms with E-state index < -0.39 is 11.9 Å². The standard InChI is InChI=1S/C22H23NO5/c1-14(23-15(2)24)16-7-9-17(10-8-16)20(25)13-28-22(26)19-11-18-5-3-4-6-21(18)27-12-19/h3-10,14,19H,11-13H2,1-2H3,(H,23,24)/t14-,19+/m1/s1. The summed E-state index contributed by atoms with van der Waals surface area (Å²) in [5.41, 5.74) is 2.31. The maximum Gasteiger partial charge on any atom is 0.313 e. The number of Topliss-reactive ketones (excluding diaryl/α,β-unsaturated/α-hetero) is 1. The molecule has 0 aliphatic carbocycles. The molecule has 0 bridgehead atoms. The Bertz CT molecular complexity index is 875. The molecule has 1 amide bonds. The number of hydrogen-bond acceptors (Lipinski definition) is 5. The van der Waals surface area contributed by atoms with Crippen LogP contribution < -0.4 is 10.1 Å². The van der Waals surface area contributed by atoms with Crippen LogP contribution in [0.4, 0.5) is 0 Å². The van der Waals surface area contributed by atoms with Crippen LogP contribution in [0.2, 0.25) is 0 Å². The van der Waals surface area contributed by atoms with Crippen molar-refractivity contribution in [1.82, 2.24) is 5.32 Å². The fourth-order valence-corrected chi connectivity index (χ4v) is 3.16. The van der Waals surface area contributed by atoms with Gasteiger partial charge in [-0.05, 0) is 30.5 Å². The van der Waals surface area contributed by atoms with Crippen molar-refractivity contribution in [3.63, 3.8) is 0 Å². The number of rotatable bonds is 6. The molecule has 0 unspecified atom stereocenters. The summed E-state index contributed by atoms with van der Waals surface area (Å²) in [6.45, 7) is 3.26. The van der Waals surface area contributed by atoms with Gasteiger partial charge >= 0.3 is 5.97 Å². The number of carbonyl (C=O) groups is 3. The largest absolute Gasteiger partial charge is 0.492 e. The number of para-hydroxylation sites is 1. The van der Waals surface area contributed by atoms with Gasteiger partial charge in [-0.3, -0.25) is 14.4 Å². The average molecular weight is 381 g/mol. The van der Waals surface area contributed by atoms with Crippen LogP contribution in [0.15, 0.2) is 48.5 Å². The first-order valence-corrected chi connectivity index (χ1v) is 9.21. The Kier molecular flexibility index (Phi) is 6.09. The highest BCUT2D eigenvalue weighted by molar-refractivity contribution is 5.98. The zero-order valence-corrected chi connectivity index (χ0v) is 15.9. The SMILES string of the molecule is CC(=O)N[C@H](C)c1ccc(C(=O)COC(=O)[C@@H]2COc3ccccc3C2)cc1. The minimum absolute atomic E-state index is 0.117. The van der Waals surface area contributed by atoms with E-state index in [9.17, 15) is 14.4 Å². The van der Waals surface area contributed by atoms with Crippen LogP contribution in [0, 0.1) is 5.92 Å². The van der Waals surface area contributed by atoms with Gasteiger partial charge in [-0.1, -0.05) is 42.5 Å². The zero-order valence-electron chi connectivity index (χ0n) is 15.9. The predicted molar refractivity (Wildman–Crippen MR) is 103 cm³/mol. The molecule has 0 aromatic heterocycles. The van der Waals surface area contributed by atoms with Crippen molar-refractivity contribution in [3.05, 3.63) is 65.2 Å². The number of nitrogens with one attached hydrogen (secondary N) is 1. The summed E-state index contributed by atoms with van der Waals surface area (Å²) in [6.07, 6.45) is 0.541. The molecule has 0 saturated carbocycles. The number of esters is 1. The van der Waals surface area contributed by atoms with Gasteiger partial charge in [0.1, 0.15) is 12.4 Å². The molecule has 146 valence electrons. The molecule has 0 saturated heterocycles. The molecule has 1 N–H and O–H groups in total. The number of amides is 1. The first kappa shape index (κ1) is 19.6. The van der Waals surface area contributed by atoms with Crippen LogP contribution in [0.25, 0.3) is 0 Å². The summed E-state index contributed by atoms with van der Waals surface area (Å²) >= 11 is 0. The van der Waals surface area contributed by atoms with Crippen LogP contribution in [0.1, 0.15) is 41.4 Å². The Hall–Kier alpha value is -3.15. The first-order chi connectivity index (χ1) is 13.4. The Morgan fingerprint density at radius 2 is 1.86 bits per heavy atom. The molecule has 0 fully saturated rings. The predicted octanol–water partition coefficient (Wildman–Crippen LogP) is 2.86. The summed E-state index contributed by atoms with van der Waals surface area (Å²) in [7, 11) is 0. The summed E-state index contributed by atoms with van der Waals surface area (Å²) in [4.78, 5) is 35.7. The molecule has 6 heteroatoms. The van der Waals surface area contributed by atoms with E-state index in [1.807, 2.05) is 31.2 Å². The third kappa shape index (κ3) is 4.76. The Morgan fingerprint density at radius 1 is 1.14 bits per heavy atom. The lowest BCUT2D eigenvalue weighted by atomic mass is 9.97. The van der Waals surface area contributed by atoms with Crippen LogP contribution in [0.5, 0.6) is 5.75 Å². The maximum absolute atomic E-state index is 12.3. The number of ether oxygens (including phenoxy) is 2. The van der Waals surface area contributed by atoms with Gasteiger partial charge < -0.3 is 14.8 Å². The van der Waals surface area contributed by atoms with Crippen molar-refractivity contribution in [1.29, 1.82) is 0 Å². The van der Waals surface area contributed by atoms with Gasteiger partial charge in [0.15, 0.2) is 12.4 Å². The van der Waals surface area contributed by atoms with E-state index in [0.29, 0.717) is 12.0 Å². The van der Waals surface area contributed by atoms with Crippen LogP contribution >= 0.6 is 0 Å². The van der Waals surface area contributed by atoms with Crippen molar-refractivity contribution in [3.8, 4) is 5.75 Å². The normalized spacial score (nSPS) is 16.3. The van der Waals surface area contributed by atoms with Gasteiger partial charge in [-0.15, -0.1) is 0 Å². The number of hydrogen-bond donors (Lipinski definition) is 1. The fraction of sp³-hybridized carbons (Fsp3) is 0.318. The lowest BCUT2D eigenvalue weighted by molar-refractivity contribution is -0.148. The van der Waals surface area contributed by atoms with E-state index in [1.54, 1.807) is 24.3 Å². The third-order valence-corrected chi connectivity index (χ3v) is 4.71. The number of carbonyl (C=O) groups excluding carboxylic acids is 3. The number of fused-ring (bicyclic) bond motifs is 1. The summed E-state index contributed by atoms with van der Waals surface area (Å²) in [5.74, 6) is -0.448. The van der Waals surface area contributed by atoms with Crippen LogP contribution in [0.3, 0.4) is 0 Å². The molecule has 0 radical (unpaired) electrons. The second-order valence-corrected chi connectivity index (χ2v) is 6.89. The van der Waals surface area contributed by atoms with E-state index in [1.165, 1.54) is 6.92 Å². The van der Waals surface area contributed by atoms with Crippen molar-refractivity contribution in [2.75, 3.05) is 13.2 Å². The summed E-state index contributed by atoms with van der Waals surface area (Å²) in [5, 5.41) is 2.79. The quantitative estimate of drug-likeness (QED) is 0.615. The molecule has 1 heterocycles. The lowest BCUT2D eigenvalue weighted by Gasteiger charge is -2.23. The lowest BCUT2D eigenvalue weighted by Crippen LogP contribution is -2.31. The van der Waals surface area contributed by atoms with Crippen LogP contribution in [-0.2, 0) is 20.7 Å². The highest BCUT2D eigenvalue weighted by atomic mass is 16.5. The molecule has 28 heavy (non-hydrogen) atoms. The van der Waals surface area contributed by atoms with Gasteiger partial charge in [0.2, 0.25) is 5.91 Å². The summed E-state index contributed by atoms with van der Waals surface area (Å²) < 4.78 is 10.8. The number of ketones is 1. The molecule has 3 rings (SSSR count). The molecule has 6 nitrogen and oxygen atoms in total. The van der Waals surface area contributed by atoms with E-state index in [4.69, 9.17) is 9.47 Å². The molecule has 2 aromatic rings. The monoisotopic (exact) mass is 381 g/mol. The molecular weight excluding hydrogens is 358 g/mol. The Labute approximate surface area is 163 Å². The van der Waals surface area contributed by atoms with Gasteiger partial charge in [-0.2, -0.15) is 0 Å². The summed E-state index contributed by atoms with van der Waals surface area (Å²) in [6, 6.07) is 14.3.